The van der Waals surface area contributed by atoms with Crippen molar-refractivity contribution in [3.05, 3.63) is 58.9 Å². The van der Waals surface area contributed by atoms with E-state index in [1.807, 2.05) is 48.5 Å². The molecule has 0 atom stereocenters. The first-order valence-corrected chi connectivity index (χ1v) is 9.31. The van der Waals surface area contributed by atoms with Crippen LogP contribution in [0, 0.1) is 0 Å². The van der Waals surface area contributed by atoms with E-state index in [4.69, 9.17) is 9.72 Å². The minimum atomic E-state index is -0.0977. The molecule has 0 fully saturated rings. The number of nitrogens with zero attached hydrogens (tertiary/aromatic N) is 2. The molecule has 26 heavy (non-hydrogen) atoms. The van der Waals surface area contributed by atoms with Gasteiger partial charge in [-0.25, -0.2) is 4.98 Å². The number of para-hydroxylation sites is 1. The number of aromatic nitrogens is 3. The summed E-state index contributed by atoms with van der Waals surface area (Å²) in [7, 11) is 1.62. The Kier molecular flexibility index (Phi) is 4.20. The Bertz CT molecular complexity index is 1140. The standard InChI is InChI=1S/C20H19N3O2S/c1-12(2)26-20-22-17-15-6-4-5-7-16(15)21-18(17)19(24)23(20)13-8-10-14(25-3)11-9-13/h4-12,21H,1-3H3. The van der Waals surface area contributed by atoms with Gasteiger partial charge in [-0.05, 0) is 30.3 Å². The Hall–Kier alpha value is -2.73. The van der Waals surface area contributed by atoms with Gasteiger partial charge in [-0.1, -0.05) is 43.8 Å². The van der Waals surface area contributed by atoms with Crippen LogP contribution in [-0.2, 0) is 0 Å². The summed E-state index contributed by atoms with van der Waals surface area (Å²) >= 11 is 1.58. The first-order valence-electron chi connectivity index (χ1n) is 8.43. The summed E-state index contributed by atoms with van der Waals surface area (Å²) in [6, 6.07) is 15.3. The van der Waals surface area contributed by atoms with E-state index in [1.54, 1.807) is 23.4 Å². The van der Waals surface area contributed by atoms with Crippen LogP contribution in [0.2, 0.25) is 0 Å². The second kappa shape index (κ2) is 6.53. The number of rotatable bonds is 4. The molecule has 5 nitrogen and oxygen atoms in total. The normalized spacial score (nSPS) is 11.5. The molecular formula is C20H19N3O2S. The van der Waals surface area contributed by atoms with Crippen LogP contribution in [0.5, 0.6) is 5.75 Å². The van der Waals surface area contributed by atoms with E-state index in [1.165, 1.54) is 0 Å². The third kappa shape index (κ3) is 2.76. The molecule has 2 aromatic heterocycles. The molecule has 0 aliphatic heterocycles. The molecular weight excluding hydrogens is 346 g/mol. The average Bonchev–Trinajstić information content (AvgIpc) is 3.01. The zero-order valence-electron chi connectivity index (χ0n) is 14.8. The van der Waals surface area contributed by atoms with Crippen molar-refractivity contribution >= 4 is 33.7 Å². The quantitative estimate of drug-likeness (QED) is 0.431. The van der Waals surface area contributed by atoms with Crippen molar-refractivity contribution in [1.29, 1.82) is 0 Å². The molecule has 4 rings (SSSR count). The number of ether oxygens (including phenoxy) is 1. The molecule has 2 aromatic carbocycles. The van der Waals surface area contributed by atoms with Gasteiger partial charge in [-0.3, -0.25) is 9.36 Å². The van der Waals surface area contributed by atoms with Gasteiger partial charge in [-0.15, -0.1) is 0 Å². The molecule has 2 heterocycles. The van der Waals surface area contributed by atoms with Crippen LogP contribution in [0.4, 0.5) is 0 Å². The van der Waals surface area contributed by atoms with Crippen LogP contribution in [-0.4, -0.2) is 26.9 Å². The van der Waals surface area contributed by atoms with Crippen LogP contribution in [0.1, 0.15) is 13.8 Å². The lowest BCUT2D eigenvalue weighted by atomic mass is 10.2. The number of H-pyrrole nitrogens is 1. The van der Waals surface area contributed by atoms with Crippen molar-refractivity contribution in [2.24, 2.45) is 0 Å². The van der Waals surface area contributed by atoms with E-state index in [0.29, 0.717) is 15.9 Å². The fourth-order valence-electron chi connectivity index (χ4n) is 2.99. The number of benzene rings is 2. The molecule has 0 saturated carbocycles. The van der Waals surface area contributed by atoms with Crippen molar-refractivity contribution < 1.29 is 4.74 Å². The second-order valence-electron chi connectivity index (χ2n) is 6.29. The van der Waals surface area contributed by atoms with Gasteiger partial charge in [0.15, 0.2) is 5.16 Å². The van der Waals surface area contributed by atoms with Gasteiger partial charge in [0.1, 0.15) is 16.8 Å². The fraction of sp³-hybridized carbons (Fsp3) is 0.200. The molecule has 0 saturated heterocycles. The lowest BCUT2D eigenvalue weighted by Gasteiger charge is -2.14. The Morgan fingerprint density at radius 3 is 2.54 bits per heavy atom. The molecule has 0 aliphatic carbocycles. The molecule has 0 radical (unpaired) electrons. The number of aromatic amines is 1. The highest BCUT2D eigenvalue weighted by Gasteiger charge is 2.17. The Balaban J connectivity index is 2.04. The molecule has 0 spiro atoms. The maximum Gasteiger partial charge on any atom is 0.283 e. The minimum Gasteiger partial charge on any atom is -0.497 e. The highest BCUT2D eigenvalue weighted by molar-refractivity contribution is 7.99. The fourth-order valence-corrected chi connectivity index (χ4v) is 3.85. The monoisotopic (exact) mass is 365 g/mol. The SMILES string of the molecule is COc1ccc(-n2c(SC(C)C)nc3c([nH]c4ccccc43)c2=O)cc1. The number of hydrogen-bond acceptors (Lipinski definition) is 4. The van der Waals surface area contributed by atoms with Gasteiger partial charge in [0, 0.05) is 16.2 Å². The highest BCUT2D eigenvalue weighted by atomic mass is 32.2. The van der Waals surface area contributed by atoms with E-state index in [2.05, 4.69) is 18.8 Å². The average molecular weight is 365 g/mol. The number of methoxy groups -OCH3 is 1. The molecule has 0 unspecified atom stereocenters. The highest BCUT2D eigenvalue weighted by Crippen LogP contribution is 2.28. The summed E-state index contributed by atoms with van der Waals surface area (Å²) in [4.78, 5) is 21.4. The molecule has 0 amide bonds. The van der Waals surface area contributed by atoms with Crippen LogP contribution in [0.3, 0.4) is 0 Å². The second-order valence-corrected chi connectivity index (χ2v) is 7.84. The largest absolute Gasteiger partial charge is 0.497 e. The summed E-state index contributed by atoms with van der Waals surface area (Å²) < 4.78 is 6.89. The van der Waals surface area contributed by atoms with E-state index in [-0.39, 0.29) is 5.56 Å². The third-order valence-corrected chi connectivity index (χ3v) is 5.12. The Morgan fingerprint density at radius 1 is 1.12 bits per heavy atom. The van der Waals surface area contributed by atoms with Gasteiger partial charge < -0.3 is 9.72 Å². The molecule has 4 aromatic rings. The number of thioether (sulfide) groups is 1. The predicted molar refractivity (Wildman–Crippen MR) is 107 cm³/mol. The van der Waals surface area contributed by atoms with Crippen LogP contribution < -0.4 is 10.3 Å². The zero-order chi connectivity index (χ0) is 18.3. The molecule has 0 bridgehead atoms. The van der Waals surface area contributed by atoms with Gasteiger partial charge in [-0.2, -0.15) is 0 Å². The number of fused-ring (bicyclic) bond motifs is 3. The van der Waals surface area contributed by atoms with Crippen molar-refractivity contribution in [2.45, 2.75) is 24.3 Å². The van der Waals surface area contributed by atoms with Gasteiger partial charge in [0.25, 0.3) is 5.56 Å². The third-order valence-electron chi connectivity index (χ3n) is 4.17. The summed E-state index contributed by atoms with van der Waals surface area (Å²) in [6.45, 7) is 4.18. The summed E-state index contributed by atoms with van der Waals surface area (Å²) in [5.74, 6) is 0.750. The van der Waals surface area contributed by atoms with Crippen molar-refractivity contribution in [3.63, 3.8) is 0 Å². The van der Waals surface area contributed by atoms with Gasteiger partial charge in [0.05, 0.1) is 12.8 Å². The van der Waals surface area contributed by atoms with Crippen LogP contribution in [0.25, 0.3) is 27.6 Å². The van der Waals surface area contributed by atoms with Crippen molar-refractivity contribution in [3.8, 4) is 11.4 Å². The molecule has 1 N–H and O–H groups in total. The number of hydrogen-bond donors (Lipinski definition) is 1. The summed E-state index contributed by atoms with van der Waals surface area (Å²) in [6.07, 6.45) is 0. The molecule has 0 aliphatic rings. The first kappa shape index (κ1) is 16.7. The van der Waals surface area contributed by atoms with Crippen molar-refractivity contribution in [1.82, 2.24) is 14.5 Å². The van der Waals surface area contributed by atoms with E-state index >= 15 is 0 Å². The number of nitrogens with one attached hydrogen (secondary N) is 1. The topological polar surface area (TPSA) is 59.9 Å². The summed E-state index contributed by atoms with van der Waals surface area (Å²) in [5, 5.41) is 1.95. The van der Waals surface area contributed by atoms with E-state index < -0.39 is 0 Å². The maximum absolute atomic E-state index is 13.3. The molecule has 132 valence electrons. The Labute approximate surface area is 155 Å². The smallest absolute Gasteiger partial charge is 0.283 e. The van der Waals surface area contributed by atoms with E-state index in [9.17, 15) is 4.79 Å². The minimum absolute atomic E-state index is 0.0977. The van der Waals surface area contributed by atoms with Gasteiger partial charge >= 0.3 is 0 Å². The van der Waals surface area contributed by atoms with Crippen LogP contribution in [0.15, 0.2) is 58.5 Å². The lowest BCUT2D eigenvalue weighted by Crippen LogP contribution is -2.22. The molecule has 6 heteroatoms. The Morgan fingerprint density at radius 2 is 1.85 bits per heavy atom. The van der Waals surface area contributed by atoms with Crippen molar-refractivity contribution in [2.75, 3.05) is 7.11 Å². The zero-order valence-corrected chi connectivity index (χ0v) is 15.6. The maximum atomic E-state index is 13.3. The van der Waals surface area contributed by atoms with Crippen LogP contribution >= 0.6 is 11.8 Å². The predicted octanol–water partition coefficient (Wildman–Crippen LogP) is 4.38. The first-order chi connectivity index (χ1) is 12.6. The van der Waals surface area contributed by atoms with Gasteiger partial charge in [0.2, 0.25) is 0 Å². The summed E-state index contributed by atoms with van der Waals surface area (Å²) in [5.41, 5.74) is 2.83. The lowest BCUT2D eigenvalue weighted by molar-refractivity contribution is 0.414. The van der Waals surface area contributed by atoms with E-state index in [0.717, 1.165) is 27.9 Å².